The number of nitrogens with zero attached hydrogens (tertiary/aromatic N) is 2. The highest BCUT2D eigenvalue weighted by Crippen LogP contribution is 2.38. The number of likely N-dealkylation sites (N-methyl/N-ethyl adjacent to an activating group) is 1. The van der Waals surface area contributed by atoms with Crippen LogP contribution in [0.3, 0.4) is 0 Å². The van der Waals surface area contributed by atoms with Crippen molar-refractivity contribution in [2.75, 3.05) is 38.7 Å². The van der Waals surface area contributed by atoms with Gasteiger partial charge in [-0.3, -0.25) is 0 Å². The number of rotatable bonds is 2. The van der Waals surface area contributed by atoms with Crippen molar-refractivity contribution in [1.82, 2.24) is 4.90 Å². The lowest BCUT2D eigenvalue weighted by molar-refractivity contribution is -0.0392. The topological polar surface area (TPSA) is 15.7 Å². The molecular formula is C16H23FN2O. The van der Waals surface area contributed by atoms with Gasteiger partial charge in [-0.15, -0.1) is 0 Å². The van der Waals surface area contributed by atoms with Crippen LogP contribution >= 0.6 is 0 Å². The Morgan fingerprint density at radius 1 is 1.25 bits per heavy atom. The standard InChI is InChI=1S/C16H23FN2O/c1-18-9-7-16(8-10-18)11-15(12-20-16)19(2)14-5-3-13(17)4-6-14/h3-6,15H,7-12H2,1-2H3. The molecule has 2 aliphatic rings. The van der Waals surface area contributed by atoms with Gasteiger partial charge < -0.3 is 14.5 Å². The zero-order valence-electron chi connectivity index (χ0n) is 12.3. The molecule has 1 unspecified atom stereocenters. The quantitative estimate of drug-likeness (QED) is 0.827. The summed E-state index contributed by atoms with van der Waals surface area (Å²) in [6.07, 6.45) is 3.32. The van der Waals surface area contributed by atoms with Gasteiger partial charge in [-0.05, 0) is 50.6 Å². The summed E-state index contributed by atoms with van der Waals surface area (Å²) in [6.45, 7) is 3.01. The highest BCUT2D eigenvalue weighted by atomic mass is 19.1. The Labute approximate surface area is 120 Å². The van der Waals surface area contributed by atoms with Gasteiger partial charge in [0.2, 0.25) is 0 Å². The zero-order valence-corrected chi connectivity index (χ0v) is 12.3. The molecule has 0 bridgehead atoms. The Morgan fingerprint density at radius 2 is 1.90 bits per heavy atom. The third kappa shape index (κ3) is 2.67. The lowest BCUT2D eigenvalue weighted by atomic mass is 9.87. The number of benzene rings is 1. The van der Waals surface area contributed by atoms with Crippen LogP contribution in [-0.2, 0) is 4.74 Å². The molecule has 4 heteroatoms. The Balaban J connectivity index is 1.66. The van der Waals surface area contributed by atoms with E-state index in [9.17, 15) is 4.39 Å². The highest BCUT2D eigenvalue weighted by molar-refractivity contribution is 5.46. The molecule has 20 heavy (non-hydrogen) atoms. The van der Waals surface area contributed by atoms with Crippen molar-refractivity contribution < 1.29 is 9.13 Å². The third-order valence-corrected chi connectivity index (χ3v) is 4.87. The van der Waals surface area contributed by atoms with Crippen molar-refractivity contribution >= 4 is 5.69 Å². The Hall–Kier alpha value is -1.13. The van der Waals surface area contributed by atoms with Crippen LogP contribution in [-0.4, -0.2) is 50.3 Å². The normalized spacial score (nSPS) is 26.1. The number of hydrogen-bond donors (Lipinski definition) is 0. The van der Waals surface area contributed by atoms with Crippen molar-refractivity contribution in [2.45, 2.75) is 30.9 Å². The van der Waals surface area contributed by atoms with Crippen molar-refractivity contribution in [3.8, 4) is 0 Å². The maximum atomic E-state index is 13.0. The number of anilines is 1. The summed E-state index contributed by atoms with van der Waals surface area (Å²) in [5.74, 6) is -0.184. The molecule has 1 aromatic rings. The number of ether oxygens (including phenoxy) is 1. The zero-order chi connectivity index (χ0) is 14.2. The van der Waals surface area contributed by atoms with Gasteiger partial charge in [0.05, 0.1) is 18.2 Å². The van der Waals surface area contributed by atoms with Gasteiger partial charge in [0.1, 0.15) is 5.82 Å². The fraction of sp³-hybridized carbons (Fsp3) is 0.625. The number of hydrogen-bond acceptors (Lipinski definition) is 3. The van der Waals surface area contributed by atoms with Crippen LogP contribution in [0.2, 0.25) is 0 Å². The average molecular weight is 278 g/mol. The van der Waals surface area contributed by atoms with Crippen LogP contribution < -0.4 is 4.90 Å². The van der Waals surface area contributed by atoms with Crippen molar-refractivity contribution in [3.05, 3.63) is 30.1 Å². The third-order valence-electron chi connectivity index (χ3n) is 4.87. The molecule has 3 rings (SSSR count). The van der Waals surface area contributed by atoms with Gasteiger partial charge in [0.15, 0.2) is 0 Å². The predicted octanol–water partition coefficient (Wildman–Crippen LogP) is 2.52. The van der Waals surface area contributed by atoms with E-state index >= 15 is 0 Å². The van der Waals surface area contributed by atoms with E-state index in [1.165, 1.54) is 12.1 Å². The van der Waals surface area contributed by atoms with Crippen LogP contribution in [0.4, 0.5) is 10.1 Å². The van der Waals surface area contributed by atoms with E-state index in [2.05, 4.69) is 23.9 Å². The molecule has 0 aliphatic carbocycles. The molecule has 0 saturated carbocycles. The first kappa shape index (κ1) is 13.8. The lowest BCUT2D eigenvalue weighted by Crippen LogP contribution is -2.43. The summed E-state index contributed by atoms with van der Waals surface area (Å²) in [6, 6.07) is 7.12. The fourth-order valence-electron chi connectivity index (χ4n) is 3.33. The smallest absolute Gasteiger partial charge is 0.123 e. The van der Waals surface area contributed by atoms with Gasteiger partial charge in [0.25, 0.3) is 0 Å². The Morgan fingerprint density at radius 3 is 2.55 bits per heavy atom. The van der Waals surface area contributed by atoms with Crippen LogP contribution in [0, 0.1) is 5.82 Å². The van der Waals surface area contributed by atoms with Gasteiger partial charge in [-0.1, -0.05) is 0 Å². The number of likely N-dealkylation sites (tertiary alicyclic amines) is 1. The largest absolute Gasteiger partial charge is 0.373 e. The monoisotopic (exact) mass is 278 g/mol. The molecule has 2 saturated heterocycles. The van der Waals surface area contributed by atoms with Gasteiger partial charge in [0, 0.05) is 25.8 Å². The van der Waals surface area contributed by atoms with Crippen molar-refractivity contribution in [1.29, 1.82) is 0 Å². The van der Waals surface area contributed by atoms with E-state index < -0.39 is 0 Å². The van der Waals surface area contributed by atoms with Gasteiger partial charge in [-0.2, -0.15) is 0 Å². The van der Waals surface area contributed by atoms with E-state index in [4.69, 9.17) is 4.74 Å². The molecular weight excluding hydrogens is 255 g/mol. The second-order valence-electron chi connectivity index (χ2n) is 6.24. The second kappa shape index (κ2) is 5.34. The van der Waals surface area contributed by atoms with E-state index in [1.807, 2.05) is 12.1 Å². The predicted molar refractivity (Wildman–Crippen MR) is 78.6 cm³/mol. The van der Waals surface area contributed by atoms with Crippen LogP contribution in [0.5, 0.6) is 0 Å². The number of halogens is 1. The highest BCUT2D eigenvalue weighted by Gasteiger charge is 2.43. The van der Waals surface area contributed by atoms with Gasteiger partial charge in [-0.25, -0.2) is 4.39 Å². The van der Waals surface area contributed by atoms with E-state index in [1.54, 1.807) is 0 Å². The fourth-order valence-corrected chi connectivity index (χ4v) is 3.33. The van der Waals surface area contributed by atoms with Crippen molar-refractivity contribution in [3.63, 3.8) is 0 Å². The minimum atomic E-state index is -0.184. The summed E-state index contributed by atoms with van der Waals surface area (Å²) >= 11 is 0. The maximum absolute atomic E-state index is 13.0. The first-order chi connectivity index (χ1) is 9.58. The van der Waals surface area contributed by atoms with E-state index in [-0.39, 0.29) is 11.4 Å². The maximum Gasteiger partial charge on any atom is 0.123 e. The SMILES string of the molecule is CN1CCC2(CC1)CC(N(C)c1ccc(F)cc1)CO2. The molecule has 0 radical (unpaired) electrons. The average Bonchev–Trinajstić information content (AvgIpc) is 2.87. The Kier molecular flexibility index (Phi) is 3.69. The van der Waals surface area contributed by atoms with Gasteiger partial charge >= 0.3 is 0 Å². The molecule has 1 atom stereocenters. The van der Waals surface area contributed by atoms with Crippen molar-refractivity contribution in [2.24, 2.45) is 0 Å². The molecule has 3 nitrogen and oxygen atoms in total. The molecule has 1 aromatic carbocycles. The number of piperidine rings is 1. The molecule has 0 N–H and O–H groups in total. The first-order valence-electron chi connectivity index (χ1n) is 7.39. The molecule has 2 aliphatic heterocycles. The summed E-state index contributed by atoms with van der Waals surface area (Å²) in [5, 5.41) is 0. The summed E-state index contributed by atoms with van der Waals surface area (Å²) in [7, 11) is 4.25. The molecule has 110 valence electrons. The Bertz CT molecular complexity index is 454. The van der Waals surface area contributed by atoms with E-state index in [0.29, 0.717) is 6.04 Å². The summed E-state index contributed by atoms with van der Waals surface area (Å²) in [5.41, 5.74) is 1.14. The molecule has 0 amide bonds. The molecule has 2 heterocycles. The van der Waals surface area contributed by atoms with E-state index in [0.717, 1.165) is 44.6 Å². The van der Waals surface area contributed by atoms with Crippen LogP contribution in [0.15, 0.2) is 24.3 Å². The first-order valence-corrected chi connectivity index (χ1v) is 7.39. The minimum Gasteiger partial charge on any atom is -0.373 e. The minimum absolute atomic E-state index is 0.0749. The lowest BCUT2D eigenvalue weighted by Gasteiger charge is -2.37. The molecule has 2 fully saturated rings. The molecule has 1 spiro atoms. The summed E-state index contributed by atoms with van der Waals surface area (Å²) in [4.78, 5) is 4.60. The second-order valence-corrected chi connectivity index (χ2v) is 6.24. The van der Waals surface area contributed by atoms with Crippen LogP contribution in [0.25, 0.3) is 0 Å². The van der Waals surface area contributed by atoms with Crippen LogP contribution in [0.1, 0.15) is 19.3 Å². The molecule has 0 aromatic heterocycles. The summed E-state index contributed by atoms with van der Waals surface area (Å²) < 4.78 is 19.2.